The number of hydrogen-bond acceptors (Lipinski definition) is 2. The first-order valence-electron chi connectivity index (χ1n) is 6.28. The van der Waals surface area contributed by atoms with Crippen molar-refractivity contribution in [2.45, 2.75) is 32.2 Å². The van der Waals surface area contributed by atoms with E-state index in [1.54, 1.807) is 0 Å². The fourth-order valence-corrected chi connectivity index (χ4v) is 2.47. The van der Waals surface area contributed by atoms with E-state index in [1.165, 1.54) is 6.07 Å². The largest absolute Gasteiger partial charge is 0.314 e. The summed E-state index contributed by atoms with van der Waals surface area (Å²) >= 11 is 0. The maximum absolute atomic E-state index is 13.5. The van der Waals surface area contributed by atoms with Crippen molar-refractivity contribution in [1.82, 2.24) is 5.32 Å². The summed E-state index contributed by atoms with van der Waals surface area (Å²) in [6, 6.07) is 3.53. The van der Waals surface area contributed by atoms with E-state index in [2.05, 4.69) is 12.2 Å². The van der Waals surface area contributed by atoms with Crippen LogP contribution >= 0.6 is 0 Å². The molecular weight excluding hydrogens is 236 g/mol. The van der Waals surface area contributed by atoms with Gasteiger partial charge in [-0.25, -0.2) is 8.78 Å². The van der Waals surface area contributed by atoms with Gasteiger partial charge in [0.1, 0.15) is 11.6 Å². The second kappa shape index (κ2) is 5.57. The molecule has 0 aliphatic carbocycles. The van der Waals surface area contributed by atoms with E-state index in [-0.39, 0.29) is 12.5 Å². The number of halogens is 2. The standard InChI is InChI=1S/C14H17F2NO/c1-9-5-6-17-10(7-9)8-13(18)14-11(15)3-2-4-12(14)16/h2-4,9-10,17H,5-8H2,1H3. The van der Waals surface area contributed by atoms with Crippen molar-refractivity contribution >= 4 is 5.78 Å². The summed E-state index contributed by atoms with van der Waals surface area (Å²) in [5.74, 6) is -1.46. The Bertz CT molecular complexity index is 427. The quantitative estimate of drug-likeness (QED) is 0.839. The molecule has 1 aromatic rings. The van der Waals surface area contributed by atoms with Crippen LogP contribution in [-0.2, 0) is 0 Å². The Kier molecular flexibility index (Phi) is 4.07. The van der Waals surface area contributed by atoms with E-state index in [9.17, 15) is 13.6 Å². The summed E-state index contributed by atoms with van der Waals surface area (Å²) in [7, 11) is 0. The lowest BCUT2D eigenvalue weighted by Crippen LogP contribution is -2.38. The average Bonchev–Trinajstić information content (AvgIpc) is 2.28. The highest BCUT2D eigenvalue weighted by atomic mass is 19.1. The number of carbonyl (C=O) groups excluding carboxylic acids is 1. The average molecular weight is 253 g/mol. The zero-order chi connectivity index (χ0) is 13.1. The van der Waals surface area contributed by atoms with E-state index in [4.69, 9.17) is 0 Å². The second-order valence-electron chi connectivity index (χ2n) is 5.00. The van der Waals surface area contributed by atoms with E-state index in [0.29, 0.717) is 5.92 Å². The molecule has 2 atom stereocenters. The molecule has 1 fully saturated rings. The van der Waals surface area contributed by atoms with Crippen molar-refractivity contribution in [3.05, 3.63) is 35.4 Å². The highest BCUT2D eigenvalue weighted by Crippen LogP contribution is 2.20. The monoisotopic (exact) mass is 253 g/mol. The Morgan fingerprint density at radius 3 is 2.67 bits per heavy atom. The van der Waals surface area contributed by atoms with Crippen LogP contribution in [0.25, 0.3) is 0 Å². The van der Waals surface area contributed by atoms with Crippen molar-refractivity contribution in [3.63, 3.8) is 0 Å². The Morgan fingerprint density at radius 2 is 2.06 bits per heavy atom. The zero-order valence-electron chi connectivity index (χ0n) is 10.4. The SMILES string of the molecule is CC1CCNC(CC(=O)c2c(F)cccc2F)C1. The third-order valence-electron chi connectivity index (χ3n) is 3.43. The highest BCUT2D eigenvalue weighted by Gasteiger charge is 2.24. The maximum Gasteiger partial charge on any atom is 0.170 e. The minimum absolute atomic E-state index is 0.0280. The van der Waals surface area contributed by atoms with Gasteiger partial charge in [-0.05, 0) is 37.4 Å². The molecule has 0 saturated carbocycles. The van der Waals surface area contributed by atoms with Gasteiger partial charge >= 0.3 is 0 Å². The van der Waals surface area contributed by atoms with Crippen LogP contribution < -0.4 is 5.32 Å². The Hall–Kier alpha value is -1.29. The van der Waals surface area contributed by atoms with Crippen LogP contribution in [0.2, 0.25) is 0 Å². The number of benzene rings is 1. The first-order chi connectivity index (χ1) is 8.58. The number of hydrogen-bond donors (Lipinski definition) is 1. The van der Waals surface area contributed by atoms with E-state index in [1.807, 2.05) is 0 Å². The fraction of sp³-hybridized carbons (Fsp3) is 0.500. The van der Waals surface area contributed by atoms with Gasteiger partial charge < -0.3 is 5.32 Å². The molecule has 18 heavy (non-hydrogen) atoms. The second-order valence-corrected chi connectivity index (χ2v) is 5.00. The third kappa shape index (κ3) is 2.93. The molecule has 4 heteroatoms. The molecule has 2 unspecified atom stereocenters. The van der Waals surface area contributed by atoms with Crippen molar-refractivity contribution in [2.75, 3.05) is 6.54 Å². The molecule has 1 aliphatic heterocycles. The summed E-state index contributed by atoms with van der Waals surface area (Å²) < 4.78 is 26.9. The van der Waals surface area contributed by atoms with Crippen LogP contribution in [0.15, 0.2) is 18.2 Å². The molecule has 98 valence electrons. The predicted molar refractivity (Wildman–Crippen MR) is 65.5 cm³/mol. The molecule has 1 saturated heterocycles. The molecular formula is C14H17F2NO. The van der Waals surface area contributed by atoms with Crippen LogP contribution in [0.1, 0.15) is 36.5 Å². The van der Waals surface area contributed by atoms with Gasteiger partial charge in [0.25, 0.3) is 0 Å². The summed E-state index contributed by atoms with van der Waals surface area (Å²) in [4.78, 5) is 11.9. The Morgan fingerprint density at radius 1 is 1.39 bits per heavy atom. The van der Waals surface area contributed by atoms with Crippen molar-refractivity contribution in [2.24, 2.45) is 5.92 Å². The summed E-state index contributed by atoms with van der Waals surface area (Å²) in [6.45, 7) is 2.99. The Balaban J connectivity index is 2.07. The highest BCUT2D eigenvalue weighted by molar-refractivity contribution is 5.96. The van der Waals surface area contributed by atoms with Gasteiger partial charge in [0.2, 0.25) is 0 Å². The molecule has 0 amide bonds. The van der Waals surface area contributed by atoms with Crippen molar-refractivity contribution < 1.29 is 13.6 Å². The van der Waals surface area contributed by atoms with E-state index < -0.39 is 23.0 Å². The van der Waals surface area contributed by atoms with Gasteiger partial charge in [0, 0.05) is 12.5 Å². The minimum Gasteiger partial charge on any atom is -0.314 e. The Labute approximate surface area is 105 Å². The van der Waals surface area contributed by atoms with E-state index >= 15 is 0 Å². The van der Waals surface area contributed by atoms with Crippen molar-refractivity contribution in [1.29, 1.82) is 0 Å². The topological polar surface area (TPSA) is 29.1 Å². The molecule has 0 radical (unpaired) electrons. The first kappa shape index (κ1) is 13.1. The molecule has 1 aromatic carbocycles. The minimum atomic E-state index is -0.774. The molecule has 1 aliphatic rings. The number of carbonyl (C=O) groups is 1. The van der Waals surface area contributed by atoms with Crippen LogP contribution in [0, 0.1) is 17.6 Å². The molecule has 1 heterocycles. The first-order valence-corrected chi connectivity index (χ1v) is 6.28. The third-order valence-corrected chi connectivity index (χ3v) is 3.43. The summed E-state index contributed by atoms with van der Waals surface area (Å²) in [5, 5.41) is 3.22. The zero-order valence-corrected chi connectivity index (χ0v) is 10.4. The van der Waals surface area contributed by atoms with Gasteiger partial charge in [-0.2, -0.15) is 0 Å². The van der Waals surface area contributed by atoms with Gasteiger partial charge in [-0.3, -0.25) is 4.79 Å². The number of ketones is 1. The normalized spacial score (nSPS) is 23.9. The number of rotatable bonds is 3. The van der Waals surface area contributed by atoms with Crippen LogP contribution in [0.4, 0.5) is 8.78 Å². The molecule has 0 aromatic heterocycles. The molecule has 2 rings (SSSR count). The summed E-state index contributed by atoms with van der Waals surface area (Å²) in [5.41, 5.74) is -0.405. The molecule has 2 nitrogen and oxygen atoms in total. The van der Waals surface area contributed by atoms with Crippen LogP contribution in [0.5, 0.6) is 0 Å². The number of Topliss-reactive ketones (excluding diaryl/α,β-unsaturated/α-hetero) is 1. The van der Waals surface area contributed by atoms with E-state index in [0.717, 1.165) is 31.5 Å². The van der Waals surface area contributed by atoms with Crippen LogP contribution in [-0.4, -0.2) is 18.4 Å². The van der Waals surface area contributed by atoms with Gasteiger partial charge in [0.15, 0.2) is 5.78 Å². The van der Waals surface area contributed by atoms with Crippen LogP contribution in [0.3, 0.4) is 0 Å². The van der Waals surface area contributed by atoms with Crippen molar-refractivity contribution in [3.8, 4) is 0 Å². The lowest BCUT2D eigenvalue weighted by atomic mass is 9.90. The molecule has 0 bridgehead atoms. The summed E-state index contributed by atoms with van der Waals surface area (Å²) in [6.07, 6.45) is 2.11. The maximum atomic E-state index is 13.5. The molecule has 0 spiro atoms. The number of nitrogens with one attached hydrogen (secondary N) is 1. The van der Waals surface area contributed by atoms with Gasteiger partial charge in [0.05, 0.1) is 5.56 Å². The van der Waals surface area contributed by atoms with Gasteiger partial charge in [-0.1, -0.05) is 13.0 Å². The van der Waals surface area contributed by atoms with Gasteiger partial charge in [-0.15, -0.1) is 0 Å². The number of piperidine rings is 1. The lowest BCUT2D eigenvalue weighted by Gasteiger charge is -2.27. The smallest absolute Gasteiger partial charge is 0.170 e. The lowest BCUT2D eigenvalue weighted by molar-refractivity contribution is 0.0950. The fourth-order valence-electron chi connectivity index (χ4n) is 2.47. The molecule has 1 N–H and O–H groups in total. The predicted octanol–water partition coefficient (Wildman–Crippen LogP) is 2.93.